The van der Waals surface area contributed by atoms with Crippen molar-refractivity contribution in [3.8, 4) is 0 Å². The molecule has 5 heteroatoms. The quantitative estimate of drug-likeness (QED) is 0.515. The van der Waals surface area contributed by atoms with E-state index in [1.54, 1.807) is 0 Å². The van der Waals surface area contributed by atoms with Gasteiger partial charge in [0.25, 0.3) is 0 Å². The molecule has 1 N–H and O–H groups in total. The summed E-state index contributed by atoms with van der Waals surface area (Å²) >= 11 is 4.79. The maximum absolute atomic E-state index is 13.3. The van der Waals surface area contributed by atoms with Crippen LogP contribution >= 0.6 is 27.7 Å². The highest BCUT2D eigenvalue weighted by Gasteiger charge is 2.44. The first-order valence-electron chi connectivity index (χ1n) is 8.59. The van der Waals surface area contributed by atoms with Gasteiger partial charge in [0.05, 0.1) is 6.04 Å². The van der Waals surface area contributed by atoms with Crippen molar-refractivity contribution in [2.75, 3.05) is 4.90 Å². The summed E-state index contributed by atoms with van der Waals surface area (Å²) in [5.74, 6) is 0.0545. The second-order valence-electron chi connectivity index (χ2n) is 6.28. The van der Waals surface area contributed by atoms with Crippen LogP contribution in [-0.2, 0) is 0 Å². The van der Waals surface area contributed by atoms with E-state index >= 15 is 0 Å². The first kappa shape index (κ1) is 18.0. The molecule has 3 aromatic carbocycles. The number of hydrogen-bond donors (Lipinski definition) is 1. The number of carbonyl (C=O) groups excluding carboxylic acids is 1. The molecule has 2 atom stereocenters. The van der Waals surface area contributed by atoms with Crippen LogP contribution in [0.4, 0.5) is 5.69 Å². The van der Waals surface area contributed by atoms with Gasteiger partial charge < -0.3 is 4.90 Å². The van der Waals surface area contributed by atoms with Crippen molar-refractivity contribution in [2.24, 2.45) is 0 Å². The normalized spacial score (nSPS) is 19.3. The van der Waals surface area contributed by atoms with Crippen LogP contribution in [0.25, 0.3) is 0 Å². The number of nitrogens with one attached hydrogen (secondary N) is 1. The molecule has 0 unspecified atom stereocenters. The molecule has 1 saturated heterocycles. The maximum atomic E-state index is 13.3. The first-order valence-corrected chi connectivity index (χ1v) is 10.3. The van der Waals surface area contributed by atoms with Gasteiger partial charge in [0.2, 0.25) is 0 Å². The van der Waals surface area contributed by atoms with Crippen molar-refractivity contribution in [1.29, 1.82) is 5.41 Å². The maximum Gasteiger partial charge on any atom is 0.178 e. The Bertz CT molecular complexity index is 961. The third-order valence-corrected chi connectivity index (χ3v) is 6.26. The molecule has 0 saturated carbocycles. The van der Waals surface area contributed by atoms with E-state index < -0.39 is 0 Å². The molecule has 1 aliphatic heterocycles. The highest BCUT2D eigenvalue weighted by atomic mass is 79.9. The topological polar surface area (TPSA) is 44.2 Å². The number of halogens is 1. The van der Waals surface area contributed by atoms with E-state index in [2.05, 4.69) is 15.9 Å². The highest BCUT2D eigenvalue weighted by Crippen LogP contribution is 2.45. The molecule has 1 heterocycles. The Morgan fingerprint density at radius 2 is 1.48 bits per heavy atom. The molecule has 0 aromatic heterocycles. The van der Waals surface area contributed by atoms with Gasteiger partial charge >= 0.3 is 0 Å². The lowest BCUT2D eigenvalue weighted by atomic mass is 9.96. The van der Waals surface area contributed by atoms with E-state index in [-0.39, 0.29) is 17.1 Å². The lowest BCUT2D eigenvalue weighted by molar-refractivity contribution is 0.0983. The summed E-state index contributed by atoms with van der Waals surface area (Å²) in [6, 6.07) is 27.0. The smallest absolute Gasteiger partial charge is 0.178 e. The minimum absolute atomic E-state index is 0.0545. The first-order chi connectivity index (χ1) is 13.1. The van der Waals surface area contributed by atoms with Gasteiger partial charge in [-0.1, -0.05) is 88.4 Å². The van der Waals surface area contributed by atoms with Crippen LogP contribution in [0.1, 0.15) is 22.0 Å². The largest absolute Gasteiger partial charge is 0.312 e. The second kappa shape index (κ2) is 7.71. The van der Waals surface area contributed by atoms with Gasteiger partial charge in [-0.15, -0.1) is 0 Å². The average Bonchev–Trinajstić information content (AvgIpc) is 3.06. The average molecular weight is 437 g/mol. The van der Waals surface area contributed by atoms with Gasteiger partial charge in [0.15, 0.2) is 11.0 Å². The fourth-order valence-corrected chi connectivity index (χ4v) is 4.81. The zero-order valence-corrected chi connectivity index (χ0v) is 16.8. The molecule has 0 amide bonds. The fraction of sp³-hybridized carbons (Fsp3) is 0.0909. The Hall–Kier alpha value is -2.37. The number of carbonyl (C=O) groups is 1. The number of rotatable bonds is 4. The monoisotopic (exact) mass is 436 g/mol. The lowest BCUT2D eigenvalue weighted by Crippen LogP contribution is -2.32. The summed E-state index contributed by atoms with van der Waals surface area (Å²) < 4.78 is 0.984. The number of thioether (sulfide) groups is 1. The summed E-state index contributed by atoms with van der Waals surface area (Å²) in [4.78, 5) is 15.2. The van der Waals surface area contributed by atoms with Gasteiger partial charge in [-0.3, -0.25) is 10.2 Å². The minimum atomic E-state index is -0.369. The third kappa shape index (κ3) is 3.57. The van der Waals surface area contributed by atoms with Crippen molar-refractivity contribution in [3.05, 3.63) is 101 Å². The van der Waals surface area contributed by atoms with Crippen molar-refractivity contribution in [3.63, 3.8) is 0 Å². The van der Waals surface area contributed by atoms with E-state index in [0.717, 1.165) is 15.7 Å². The molecule has 3 nitrogen and oxygen atoms in total. The van der Waals surface area contributed by atoms with E-state index in [4.69, 9.17) is 5.41 Å². The third-order valence-electron chi connectivity index (χ3n) is 4.58. The molecular weight excluding hydrogens is 420 g/mol. The Labute approximate surface area is 171 Å². The zero-order chi connectivity index (χ0) is 18.8. The summed E-state index contributed by atoms with van der Waals surface area (Å²) in [7, 11) is 0. The molecule has 0 bridgehead atoms. The number of hydrogen-bond acceptors (Lipinski definition) is 3. The van der Waals surface area contributed by atoms with Crippen molar-refractivity contribution in [1.82, 2.24) is 0 Å². The van der Waals surface area contributed by atoms with Crippen LogP contribution in [0.5, 0.6) is 0 Å². The van der Waals surface area contributed by atoms with E-state index in [9.17, 15) is 4.79 Å². The van der Waals surface area contributed by atoms with Gasteiger partial charge in [-0.05, 0) is 29.8 Å². The predicted molar refractivity (Wildman–Crippen MR) is 116 cm³/mol. The Balaban J connectivity index is 1.78. The summed E-state index contributed by atoms with van der Waals surface area (Å²) in [6.07, 6.45) is 0. The zero-order valence-electron chi connectivity index (χ0n) is 14.4. The molecule has 3 aromatic rings. The van der Waals surface area contributed by atoms with Crippen LogP contribution in [-0.4, -0.2) is 16.2 Å². The number of benzene rings is 3. The molecule has 4 rings (SSSR count). The fourth-order valence-electron chi connectivity index (χ4n) is 3.32. The SMILES string of the molecule is N=C1S[C@H](C(=O)c2ccccc2)[C@H](c2ccccc2)N1c1ccc(Br)cc1. The number of anilines is 1. The van der Waals surface area contributed by atoms with Gasteiger partial charge in [0, 0.05) is 15.7 Å². The molecule has 134 valence electrons. The van der Waals surface area contributed by atoms with Crippen LogP contribution < -0.4 is 4.90 Å². The van der Waals surface area contributed by atoms with Crippen LogP contribution in [0, 0.1) is 5.41 Å². The van der Waals surface area contributed by atoms with E-state index in [1.165, 1.54) is 11.8 Å². The van der Waals surface area contributed by atoms with Gasteiger partial charge in [0.1, 0.15) is 5.25 Å². The predicted octanol–water partition coefficient (Wildman–Crippen LogP) is 5.93. The number of Topliss-reactive ketones (excluding diaryl/α,β-unsaturated/α-hetero) is 1. The molecule has 0 spiro atoms. The molecular formula is C22H17BrN2OS. The van der Waals surface area contributed by atoms with Crippen molar-refractivity contribution >= 4 is 44.3 Å². The van der Waals surface area contributed by atoms with Crippen molar-refractivity contribution in [2.45, 2.75) is 11.3 Å². The Morgan fingerprint density at radius 3 is 2.11 bits per heavy atom. The summed E-state index contributed by atoms with van der Waals surface area (Å²) in [6.45, 7) is 0. The van der Waals surface area contributed by atoms with Crippen molar-refractivity contribution < 1.29 is 4.79 Å². The van der Waals surface area contributed by atoms with Crippen LogP contribution in [0.3, 0.4) is 0 Å². The standard InChI is InChI=1S/C22H17BrN2OS/c23-17-11-13-18(14-12-17)25-19(15-7-3-1-4-8-15)21(27-22(25)24)20(26)16-9-5-2-6-10-16/h1-14,19,21,24H/t19-,21-/m0/s1. The molecule has 0 radical (unpaired) electrons. The van der Waals surface area contributed by atoms with Crippen LogP contribution in [0.2, 0.25) is 0 Å². The second-order valence-corrected chi connectivity index (χ2v) is 8.32. The van der Waals surface area contributed by atoms with Crippen LogP contribution in [0.15, 0.2) is 89.4 Å². The summed E-state index contributed by atoms with van der Waals surface area (Å²) in [5.41, 5.74) is 2.62. The summed E-state index contributed by atoms with van der Waals surface area (Å²) in [5, 5.41) is 8.61. The van der Waals surface area contributed by atoms with Gasteiger partial charge in [-0.25, -0.2) is 0 Å². The lowest BCUT2D eigenvalue weighted by Gasteiger charge is -2.28. The van der Waals surface area contributed by atoms with E-state index in [0.29, 0.717) is 10.7 Å². The Kier molecular flexibility index (Phi) is 5.14. The number of nitrogens with zero attached hydrogens (tertiary/aromatic N) is 1. The van der Waals surface area contributed by atoms with Gasteiger partial charge in [-0.2, -0.15) is 0 Å². The molecule has 0 aliphatic carbocycles. The molecule has 1 aliphatic rings. The Morgan fingerprint density at radius 1 is 0.889 bits per heavy atom. The number of amidine groups is 1. The molecule has 1 fully saturated rings. The minimum Gasteiger partial charge on any atom is -0.312 e. The van der Waals surface area contributed by atoms with E-state index in [1.807, 2.05) is 89.8 Å². The highest BCUT2D eigenvalue weighted by molar-refractivity contribution is 9.10. The number of ketones is 1. The molecule has 27 heavy (non-hydrogen) atoms.